The summed E-state index contributed by atoms with van der Waals surface area (Å²) in [6.07, 6.45) is 0.787. The molecule has 2 heterocycles. The summed E-state index contributed by atoms with van der Waals surface area (Å²) in [6.45, 7) is 5.28. The van der Waals surface area contributed by atoms with E-state index in [0.717, 1.165) is 0 Å². The number of cyclic esters (lactones) is 1. The Bertz CT molecular complexity index is 1030. The molecule has 0 radical (unpaired) electrons. The number of hydrogen-bond acceptors (Lipinski definition) is 8. The van der Waals surface area contributed by atoms with E-state index in [2.05, 4.69) is 0 Å². The van der Waals surface area contributed by atoms with Crippen LogP contribution in [-0.2, 0) is 24.4 Å². The van der Waals surface area contributed by atoms with Crippen molar-refractivity contribution in [1.29, 1.82) is 0 Å². The van der Waals surface area contributed by atoms with Crippen molar-refractivity contribution in [3.8, 4) is 0 Å². The summed E-state index contributed by atoms with van der Waals surface area (Å²) in [5.41, 5.74) is 0.292. The number of rotatable bonds is 3. The summed E-state index contributed by atoms with van der Waals surface area (Å²) in [5, 5.41) is 10.8. The first-order chi connectivity index (χ1) is 14.6. The van der Waals surface area contributed by atoms with Crippen LogP contribution in [-0.4, -0.2) is 54.9 Å². The van der Waals surface area contributed by atoms with Crippen LogP contribution in [0.5, 0.6) is 0 Å². The van der Waals surface area contributed by atoms with Crippen molar-refractivity contribution >= 4 is 17.7 Å². The SMILES string of the molecule is COC[C@H]1OC(=O)c2coc3c2[C@@]1(C)C1=C(C3=O)[C@@H]2CC[C@@H](O)[C@@]2(C)C[C@H]1OC(C)=O. The van der Waals surface area contributed by atoms with Gasteiger partial charge in [-0.15, -0.1) is 0 Å². The minimum absolute atomic E-state index is 0.106. The van der Waals surface area contributed by atoms with Crippen molar-refractivity contribution in [3.63, 3.8) is 0 Å². The van der Waals surface area contributed by atoms with E-state index < -0.39 is 41.1 Å². The molecule has 1 N–H and O–H groups in total. The summed E-state index contributed by atoms with van der Waals surface area (Å²) < 4.78 is 22.5. The Morgan fingerprint density at radius 1 is 1.29 bits per heavy atom. The Kier molecular flexibility index (Phi) is 4.31. The average molecular weight is 430 g/mol. The lowest BCUT2D eigenvalue weighted by Gasteiger charge is -2.52. The third-order valence-electron chi connectivity index (χ3n) is 7.93. The van der Waals surface area contributed by atoms with Crippen LogP contribution < -0.4 is 0 Å². The molecule has 8 heteroatoms. The van der Waals surface area contributed by atoms with Crippen LogP contribution in [0.4, 0.5) is 0 Å². The van der Waals surface area contributed by atoms with Gasteiger partial charge in [-0.05, 0) is 37.7 Å². The second kappa shape index (κ2) is 6.53. The fourth-order valence-corrected chi connectivity index (χ4v) is 6.47. The van der Waals surface area contributed by atoms with Crippen LogP contribution in [0, 0.1) is 11.3 Å². The minimum Gasteiger partial charge on any atom is -0.460 e. The van der Waals surface area contributed by atoms with Gasteiger partial charge in [-0.3, -0.25) is 9.59 Å². The lowest BCUT2D eigenvalue weighted by atomic mass is 9.54. The highest BCUT2D eigenvalue weighted by Crippen LogP contribution is 2.62. The van der Waals surface area contributed by atoms with Crippen molar-refractivity contribution in [2.24, 2.45) is 11.3 Å². The summed E-state index contributed by atoms with van der Waals surface area (Å²) in [4.78, 5) is 38.4. The van der Waals surface area contributed by atoms with Gasteiger partial charge in [-0.1, -0.05) is 6.92 Å². The molecule has 166 valence electrons. The zero-order valence-electron chi connectivity index (χ0n) is 18.0. The van der Waals surface area contributed by atoms with Gasteiger partial charge >= 0.3 is 11.9 Å². The summed E-state index contributed by atoms with van der Waals surface area (Å²) in [6, 6.07) is 0. The Morgan fingerprint density at radius 2 is 2.03 bits per heavy atom. The van der Waals surface area contributed by atoms with Gasteiger partial charge in [-0.2, -0.15) is 0 Å². The summed E-state index contributed by atoms with van der Waals surface area (Å²) in [7, 11) is 1.51. The topological polar surface area (TPSA) is 112 Å². The van der Waals surface area contributed by atoms with Crippen LogP contribution in [0.3, 0.4) is 0 Å². The highest BCUT2D eigenvalue weighted by atomic mass is 16.6. The molecule has 31 heavy (non-hydrogen) atoms. The molecule has 1 aliphatic heterocycles. The number of hydrogen-bond donors (Lipinski definition) is 1. The van der Waals surface area contributed by atoms with Crippen molar-refractivity contribution in [2.75, 3.05) is 13.7 Å². The number of allylic oxidation sites excluding steroid dienone is 1. The molecule has 0 saturated heterocycles. The smallest absolute Gasteiger partial charge is 0.342 e. The molecular weight excluding hydrogens is 404 g/mol. The molecular formula is C23H26O8. The molecule has 0 bridgehead atoms. The maximum Gasteiger partial charge on any atom is 0.342 e. The first kappa shape index (κ1) is 20.5. The fourth-order valence-electron chi connectivity index (χ4n) is 6.47. The number of ether oxygens (including phenoxy) is 3. The largest absolute Gasteiger partial charge is 0.460 e. The lowest BCUT2D eigenvalue weighted by molar-refractivity contribution is -0.149. The van der Waals surface area contributed by atoms with Crippen LogP contribution >= 0.6 is 0 Å². The van der Waals surface area contributed by atoms with E-state index in [1.165, 1.54) is 20.3 Å². The number of carbonyl (C=O) groups is 3. The number of aliphatic hydroxyl groups is 1. The van der Waals surface area contributed by atoms with Crippen molar-refractivity contribution in [2.45, 2.75) is 63.8 Å². The van der Waals surface area contributed by atoms with Crippen molar-refractivity contribution in [3.05, 3.63) is 34.3 Å². The number of methoxy groups -OCH3 is 1. The van der Waals surface area contributed by atoms with Gasteiger partial charge in [0.1, 0.15) is 24.0 Å². The maximum atomic E-state index is 13.7. The van der Waals surface area contributed by atoms with Crippen molar-refractivity contribution in [1.82, 2.24) is 0 Å². The Morgan fingerprint density at radius 3 is 2.71 bits per heavy atom. The van der Waals surface area contributed by atoms with Crippen LogP contribution in [0.15, 0.2) is 21.8 Å². The zero-order chi connectivity index (χ0) is 22.3. The second-order valence-electron chi connectivity index (χ2n) is 9.52. The molecule has 1 fully saturated rings. The van der Waals surface area contributed by atoms with E-state index in [4.69, 9.17) is 18.6 Å². The molecule has 3 aliphatic carbocycles. The Hall–Kier alpha value is -2.45. The third-order valence-corrected chi connectivity index (χ3v) is 7.93. The Labute approximate surface area is 179 Å². The summed E-state index contributed by atoms with van der Waals surface area (Å²) >= 11 is 0. The van der Waals surface area contributed by atoms with Crippen molar-refractivity contribution < 1.29 is 38.1 Å². The third kappa shape index (κ3) is 2.46. The van der Waals surface area contributed by atoms with E-state index in [-0.39, 0.29) is 29.6 Å². The average Bonchev–Trinajstić information content (AvgIpc) is 3.27. The number of aliphatic hydroxyl groups excluding tert-OH is 1. The van der Waals surface area contributed by atoms with Gasteiger partial charge in [0.25, 0.3) is 0 Å². The molecule has 0 spiro atoms. The number of ketones is 1. The predicted octanol–water partition coefficient (Wildman–Crippen LogP) is 2.33. The number of esters is 2. The highest BCUT2D eigenvalue weighted by molar-refractivity contribution is 6.13. The minimum atomic E-state index is -0.959. The molecule has 4 aliphatic rings. The molecule has 5 rings (SSSR count). The number of Topliss-reactive ketones (excluding diaryl/α,β-unsaturated/α-hetero) is 1. The Balaban J connectivity index is 1.81. The highest BCUT2D eigenvalue weighted by Gasteiger charge is 2.64. The summed E-state index contributed by atoms with van der Waals surface area (Å²) in [5.74, 6) is -1.43. The number of furan rings is 1. The van der Waals surface area contributed by atoms with Gasteiger partial charge in [0.15, 0.2) is 5.76 Å². The molecule has 6 atom stereocenters. The number of fused-ring (bicyclic) bond motifs is 3. The quantitative estimate of drug-likeness (QED) is 0.727. The first-order valence-electron chi connectivity index (χ1n) is 10.6. The van der Waals surface area contributed by atoms with Gasteiger partial charge in [0, 0.05) is 30.6 Å². The van der Waals surface area contributed by atoms with E-state index in [9.17, 15) is 19.5 Å². The van der Waals surface area contributed by atoms with Gasteiger partial charge in [-0.25, -0.2) is 4.79 Å². The van der Waals surface area contributed by atoms with Gasteiger partial charge in [0.05, 0.1) is 18.1 Å². The predicted molar refractivity (Wildman–Crippen MR) is 106 cm³/mol. The fraction of sp³-hybridized carbons (Fsp3) is 0.609. The molecule has 8 nitrogen and oxygen atoms in total. The zero-order valence-corrected chi connectivity index (χ0v) is 18.0. The van der Waals surface area contributed by atoms with Crippen LogP contribution in [0.2, 0.25) is 0 Å². The van der Waals surface area contributed by atoms with E-state index in [1.54, 1.807) is 0 Å². The lowest BCUT2D eigenvalue weighted by Crippen LogP contribution is -2.57. The molecule has 1 aromatic rings. The van der Waals surface area contributed by atoms with Gasteiger partial charge in [0.2, 0.25) is 5.78 Å². The second-order valence-corrected chi connectivity index (χ2v) is 9.52. The molecule has 0 unspecified atom stereocenters. The first-order valence-corrected chi connectivity index (χ1v) is 10.6. The monoisotopic (exact) mass is 430 g/mol. The van der Waals surface area contributed by atoms with Crippen LogP contribution in [0.25, 0.3) is 0 Å². The van der Waals surface area contributed by atoms with E-state index >= 15 is 0 Å². The van der Waals surface area contributed by atoms with E-state index in [0.29, 0.717) is 36.0 Å². The molecule has 0 aromatic carbocycles. The molecule has 1 aromatic heterocycles. The molecule has 0 amide bonds. The standard InChI is InChI=1S/C23H26O8/c1-10(24)30-13-7-22(2)12(5-6-14(22)25)16-18(13)23(3)15(9-28-4)31-21(27)11-8-29-20(17(11)23)19(16)26/h8,12-15,25H,5-7,9H2,1-4H3/t12-,13+,14+,15+,22-,23-/m0/s1. The number of carbonyl (C=O) groups excluding carboxylic acids is 3. The maximum absolute atomic E-state index is 13.7. The normalized spacial score (nSPS) is 38.4. The van der Waals surface area contributed by atoms with Crippen LogP contribution in [0.1, 0.15) is 66.5 Å². The molecule has 1 saturated carbocycles. The van der Waals surface area contributed by atoms with E-state index in [1.807, 2.05) is 13.8 Å². The van der Waals surface area contributed by atoms with Gasteiger partial charge < -0.3 is 23.7 Å².